The van der Waals surface area contributed by atoms with Gasteiger partial charge in [0.25, 0.3) is 0 Å². The van der Waals surface area contributed by atoms with Crippen molar-refractivity contribution < 1.29 is 38.5 Å². The number of nitrogens with one attached hydrogen (secondary N) is 2. The zero-order chi connectivity index (χ0) is 28.9. The number of carbonyl (C=O) groups is 4. The second-order valence-corrected chi connectivity index (χ2v) is 9.88. The van der Waals surface area contributed by atoms with Gasteiger partial charge in [-0.05, 0) is 34.4 Å². The first-order valence-electron chi connectivity index (χ1n) is 12.6. The van der Waals surface area contributed by atoms with Crippen molar-refractivity contribution in [3.8, 4) is 11.1 Å². The SMILES string of the molecule is C=CCOC(=O)N[C@@H](CCSC[C@H](NC(=O)OCC1c2ccccc2-c2ccccc21)C(=O)O)C(=O)OCC=C. The highest BCUT2D eigenvalue weighted by Crippen LogP contribution is 2.44. The van der Waals surface area contributed by atoms with Crippen molar-refractivity contribution in [2.75, 3.05) is 31.3 Å². The third kappa shape index (κ3) is 8.37. The zero-order valence-corrected chi connectivity index (χ0v) is 22.7. The number of alkyl carbamates (subject to hydrolysis) is 2. The van der Waals surface area contributed by atoms with E-state index < -0.39 is 36.2 Å². The number of thioether (sulfide) groups is 1. The monoisotopic (exact) mass is 568 g/mol. The van der Waals surface area contributed by atoms with Gasteiger partial charge < -0.3 is 30.0 Å². The van der Waals surface area contributed by atoms with Gasteiger partial charge in [-0.25, -0.2) is 19.2 Å². The van der Waals surface area contributed by atoms with Crippen molar-refractivity contribution in [3.63, 3.8) is 0 Å². The molecule has 2 aromatic carbocycles. The van der Waals surface area contributed by atoms with Gasteiger partial charge >= 0.3 is 24.1 Å². The molecular formula is C29H32N2O8S. The minimum Gasteiger partial charge on any atom is -0.480 e. The van der Waals surface area contributed by atoms with Crippen LogP contribution in [0.3, 0.4) is 0 Å². The van der Waals surface area contributed by atoms with E-state index in [1.54, 1.807) is 0 Å². The number of hydrogen-bond acceptors (Lipinski definition) is 8. The second-order valence-electron chi connectivity index (χ2n) is 8.73. The lowest BCUT2D eigenvalue weighted by Gasteiger charge is -2.18. The third-order valence-corrected chi connectivity index (χ3v) is 7.11. The number of ether oxygens (including phenoxy) is 3. The molecular weight excluding hydrogens is 536 g/mol. The van der Waals surface area contributed by atoms with Crippen LogP contribution in [0.5, 0.6) is 0 Å². The highest BCUT2D eigenvalue weighted by molar-refractivity contribution is 7.99. The Morgan fingerprint density at radius 2 is 1.40 bits per heavy atom. The first kappa shape index (κ1) is 30.3. The highest BCUT2D eigenvalue weighted by atomic mass is 32.2. The van der Waals surface area contributed by atoms with E-state index in [2.05, 4.69) is 23.8 Å². The second kappa shape index (κ2) is 15.4. The molecule has 0 saturated carbocycles. The van der Waals surface area contributed by atoms with E-state index in [1.807, 2.05) is 48.5 Å². The average Bonchev–Trinajstić information content (AvgIpc) is 3.28. The predicted molar refractivity (Wildman–Crippen MR) is 151 cm³/mol. The van der Waals surface area contributed by atoms with Gasteiger partial charge in [0.15, 0.2) is 0 Å². The maximum atomic E-state index is 12.5. The summed E-state index contributed by atoms with van der Waals surface area (Å²) in [5.41, 5.74) is 4.26. The number of aliphatic carboxylic acids is 1. The van der Waals surface area contributed by atoms with Crippen LogP contribution < -0.4 is 10.6 Å². The van der Waals surface area contributed by atoms with E-state index in [0.29, 0.717) is 0 Å². The van der Waals surface area contributed by atoms with Gasteiger partial charge in [0, 0.05) is 11.7 Å². The van der Waals surface area contributed by atoms with Gasteiger partial charge in [0.1, 0.15) is 31.9 Å². The van der Waals surface area contributed by atoms with Crippen LogP contribution in [0.1, 0.15) is 23.5 Å². The van der Waals surface area contributed by atoms with Crippen molar-refractivity contribution >= 4 is 35.9 Å². The van der Waals surface area contributed by atoms with Gasteiger partial charge in [-0.15, -0.1) is 0 Å². The molecule has 1 aliphatic carbocycles. The molecule has 10 nitrogen and oxygen atoms in total. The summed E-state index contributed by atoms with van der Waals surface area (Å²) in [6, 6.07) is 13.6. The molecule has 0 heterocycles. The van der Waals surface area contributed by atoms with E-state index >= 15 is 0 Å². The Balaban J connectivity index is 1.50. The first-order chi connectivity index (χ1) is 19.3. The Hall–Kier alpha value is -4.25. The standard InChI is InChI=1S/C29H32N2O8S/c1-3-14-37-27(34)24(30-28(35)38-15-4-2)13-16-40-18-25(26(32)33)31-29(36)39-17-23-21-11-7-5-9-19(21)20-10-6-8-12-22(20)23/h3-12,23-25H,1-2,13-18H2,(H,30,35)(H,31,36)(H,32,33)/t24-,25-/m0/s1. The summed E-state index contributed by atoms with van der Waals surface area (Å²) in [6.45, 7) is 6.93. The molecule has 0 radical (unpaired) electrons. The Kier molecular flexibility index (Phi) is 11.6. The molecule has 2 aromatic rings. The molecule has 2 amide bonds. The van der Waals surface area contributed by atoms with E-state index in [9.17, 15) is 24.3 Å². The van der Waals surface area contributed by atoms with E-state index in [-0.39, 0.29) is 43.7 Å². The number of hydrogen-bond donors (Lipinski definition) is 3. The Bertz CT molecular complexity index is 1190. The fraction of sp³-hybridized carbons (Fsp3) is 0.310. The van der Waals surface area contributed by atoms with Crippen LogP contribution in [-0.2, 0) is 23.8 Å². The highest BCUT2D eigenvalue weighted by Gasteiger charge is 2.30. The molecule has 0 fully saturated rings. The Morgan fingerprint density at radius 1 is 0.850 bits per heavy atom. The van der Waals surface area contributed by atoms with Gasteiger partial charge in [-0.3, -0.25) is 0 Å². The van der Waals surface area contributed by atoms with Crippen molar-refractivity contribution in [3.05, 3.63) is 85.0 Å². The molecule has 3 N–H and O–H groups in total. The smallest absolute Gasteiger partial charge is 0.408 e. The molecule has 0 unspecified atom stereocenters. The van der Waals surface area contributed by atoms with Crippen molar-refractivity contribution in [2.45, 2.75) is 24.4 Å². The van der Waals surface area contributed by atoms with Gasteiger partial charge in [0.05, 0.1) is 0 Å². The van der Waals surface area contributed by atoms with Crippen LogP contribution in [0, 0.1) is 0 Å². The van der Waals surface area contributed by atoms with Gasteiger partial charge in [-0.2, -0.15) is 11.8 Å². The van der Waals surface area contributed by atoms with Crippen molar-refractivity contribution in [1.82, 2.24) is 10.6 Å². The summed E-state index contributed by atoms with van der Waals surface area (Å²) in [4.78, 5) is 48.5. The lowest BCUT2D eigenvalue weighted by Crippen LogP contribution is -2.44. The van der Waals surface area contributed by atoms with Crippen LogP contribution in [0.25, 0.3) is 11.1 Å². The van der Waals surface area contributed by atoms with E-state index in [4.69, 9.17) is 14.2 Å². The summed E-state index contributed by atoms with van der Waals surface area (Å²) in [7, 11) is 0. The molecule has 0 spiro atoms. The number of fused-ring (bicyclic) bond motifs is 3. The van der Waals surface area contributed by atoms with Crippen LogP contribution in [0.15, 0.2) is 73.8 Å². The lowest BCUT2D eigenvalue weighted by molar-refractivity contribution is -0.144. The predicted octanol–water partition coefficient (Wildman–Crippen LogP) is 4.11. The molecule has 11 heteroatoms. The summed E-state index contributed by atoms with van der Waals surface area (Å²) in [5, 5.41) is 14.4. The normalized spacial score (nSPS) is 13.1. The van der Waals surface area contributed by atoms with Crippen LogP contribution >= 0.6 is 11.8 Å². The Labute approximate surface area is 236 Å². The molecule has 1 aliphatic rings. The number of esters is 1. The lowest BCUT2D eigenvalue weighted by atomic mass is 9.98. The number of rotatable bonds is 15. The quantitative estimate of drug-likeness (QED) is 0.125. The van der Waals surface area contributed by atoms with Crippen LogP contribution in [0.2, 0.25) is 0 Å². The number of amides is 2. The summed E-state index contributed by atoms with van der Waals surface area (Å²) in [5.74, 6) is -1.77. The van der Waals surface area contributed by atoms with Crippen LogP contribution in [0.4, 0.5) is 9.59 Å². The molecule has 0 aromatic heterocycles. The molecule has 2 atom stereocenters. The zero-order valence-electron chi connectivity index (χ0n) is 21.9. The fourth-order valence-corrected chi connectivity index (χ4v) is 5.20. The number of carbonyl (C=O) groups excluding carboxylic acids is 3. The summed E-state index contributed by atoms with van der Waals surface area (Å²) < 4.78 is 15.3. The van der Waals surface area contributed by atoms with Crippen LogP contribution in [-0.4, -0.2) is 72.6 Å². The number of carboxylic acid groups (broad SMARTS) is 1. The molecule has 40 heavy (non-hydrogen) atoms. The molecule has 212 valence electrons. The molecule has 0 aliphatic heterocycles. The van der Waals surface area contributed by atoms with E-state index in [0.717, 1.165) is 22.3 Å². The largest absolute Gasteiger partial charge is 0.480 e. The Morgan fingerprint density at radius 3 is 2.00 bits per heavy atom. The van der Waals surface area contributed by atoms with Crippen molar-refractivity contribution in [2.24, 2.45) is 0 Å². The maximum Gasteiger partial charge on any atom is 0.408 e. The summed E-state index contributed by atoms with van der Waals surface area (Å²) in [6.07, 6.45) is 1.27. The minimum atomic E-state index is -1.23. The van der Waals surface area contributed by atoms with E-state index in [1.165, 1.54) is 23.9 Å². The topological polar surface area (TPSA) is 140 Å². The molecule has 0 saturated heterocycles. The number of benzene rings is 2. The maximum absolute atomic E-state index is 12.5. The third-order valence-electron chi connectivity index (χ3n) is 6.02. The average molecular weight is 569 g/mol. The molecule has 3 rings (SSSR count). The van der Waals surface area contributed by atoms with Gasteiger partial charge in [-0.1, -0.05) is 73.8 Å². The summed E-state index contributed by atoms with van der Waals surface area (Å²) >= 11 is 1.18. The first-order valence-corrected chi connectivity index (χ1v) is 13.7. The van der Waals surface area contributed by atoms with Gasteiger partial charge in [0.2, 0.25) is 0 Å². The molecule has 0 bridgehead atoms. The number of carboxylic acids is 1. The fourth-order valence-electron chi connectivity index (χ4n) is 4.17. The van der Waals surface area contributed by atoms with Crippen molar-refractivity contribution in [1.29, 1.82) is 0 Å². The minimum absolute atomic E-state index is 0.00879.